The summed E-state index contributed by atoms with van der Waals surface area (Å²) in [6.45, 7) is 7.68. The maximum Gasteiger partial charge on any atom is 0.410 e. The number of likely N-dealkylation sites (tertiary alicyclic amines) is 1. The van der Waals surface area contributed by atoms with Crippen LogP contribution in [0, 0.1) is 5.92 Å². The first kappa shape index (κ1) is 28.3. The van der Waals surface area contributed by atoms with Gasteiger partial charge in [0, 0.05) is 36.1 Å². The maximum atomic E-state index is 13.9. The third kappa shape index (κ3) is 7.14. The number of hydrogen-bond acceptors (Lipinski definition) is 6. The van der Waals surface area contributed by atoms with Crippen molar-refractivity contribution < 1.29 is 27.5 Å². The summed E-state index contributed by atoms with van der Waals surface area (Å²) in [6, 6.07) is 11.0. The molecule has 0 aromatic heterocycles. The average molecular weight is 602 g/mol. The van der Waals surface area contributed by atoms with Gasteiger partial charge < -0.3 is 14.4 Å². The number of carbonyl (C=O) groups excluding carboxylic acids is 2. The second-order valence-electron chi connectivity index (χ2n) is 9.58. The molecular weight excluding hydrogens is 572 g/mol. The summed E-state index contributed by atoms with van der Waals surface area (Å²) in [5, 5.41) is 0.299. The molecule has 1 amide bonds. The van der Waals surface area contributed by atoms with E-state index in [9.17, 15) is 18.0 Å². The van der Waals surface area contributed by atoms with Crippen LogP contribution in [0.3, 0.4) is 0 Å². The summed E-state index contributed by atoms with van der Waals surface area (Å²) in [5.41, 5.74) is -0.426. The van der Waals surface area contributed by atoms with Crippen LogP contribution >= 0.6 is 27.5 Å². The molecule has 0 unspecified atom stereocenters. The molecule has 11 heteroatoms. The lowest BCUT2D eigenvalue weighted by molar-refractivity contribution is -0.131. The Hall–Kier alpha value is -2.30. The topological polar surface area (TPSA) is 93.2 Å². The molecule has 0 radical (unpaired) electrons. The maximum absolute atomic E-state index is 13.9. The van der Waals surface area contributed by atoms with Gasteiger partial charge in [-0.1, -0.05) is 23.7 Å². The molecule has 1 fully saturated rings. The summed E-state index contributed by atoms with van der Waals surface area (Å²) >= 11 is 9.59. The zero-order chi connectivity index (χ0) is 26.7. The van der Waals surface area contributed by atoms with Gasteiger partial charge in [-0.05, 0) is 85.8 Å². The first-order chi connectivity index (χ1) is 16.8. The fourth-order valence-corrected chi connectivity index (χ4v) is 6.56. The lowest BCUT2D eigenvalue weighted by Gasteiger charge is -2.36. The number of halogens is 2. The molecule has 0 saturated carbocycles. The van der Waals surface area contributed by atoms with E-state index >= 15 is 0 Å². The molecule has 8 nitrogen and oxygen atoms in total. The molecule has 1 aliphatic heterocycles. The zero-order valence-corrected chi connectivity index (χ0v) is 23.8. The highest BCUT2D eigenvalue weighted by atomic mass is 79.9. The fraction of sp³-hybridized carbons (Fsp3) is 0.440. The molecule has 1 saturated heterocycles. The first-order valence-corrected chi connectivity index (χ1v) is 14.1. The van der Waals surface area contributed by atoms with Crippen LogP contribution < -0.4 is 9.04 Å². The highest BCUT2D eigenvalue weighted by molar-refractivity contribution is 9.10. The molecule has 2 aromatic carbocycles. The number of rotatable bonds is 6. The Morgan fingerprint density at radius 2 is 1.78 bits per heavy atom. The van der Waals surface area contributed by atoms with E-state index in [1.807, 2.05) is 20.8 Å². The van der Waals surface area contributed by atoms with E-state index in [1.54, 1.807) is 23.1 Å². The molecule has 0 atom stereocenters. The monoisotopic (exact) mass is 600 g/mol. The SMILES string of the molecule is CC(=O)Oc1ccc(Cl)cc1N(CC1CCN(C(=O)OC(C)(C)C)CC1)S(=O)(=O)c1ccccc1Br. The summed E-state index contributed by atoms with van der Waals surface area (Å²) < 4.78 is 40.3. The minimum Gasteiger partial charge on any atom is -0.444 e. The van der Waals surface area contributed by atoms with Gasteiger partial charge in [-0.15, -0.1) is 0 Å². The number of esters is 1. The molecule has 0 N–H and O–H groups in total. The number of hydrogen-bond donors (Lipinski definition) is 0. The molecule has 0 aliphatic carbocycles. The predicted octanol–water partition coefficient (Wildman–Crippen LogP) is 5.87. The van der Waals surface area contributed by atoms with E-state index in [-0.39, 0.29) is 34.9 Å². The molecular formula is C25H30BrClN2O6S. The van der Waals surface area contributed by atoms with E-state index in [2.05, 4.69) is 15.9 Å². The minimum atomic E-state index is -4.08. The Kier molecular flexibility index (Phi) is 8.95. The number of benzene rings is 2. The van der Waals surface area contributed by atoms with Crippen molar-refractivity contribution in [2.24, 2.45) is 5.92 Å². The third-order valence-electron chi connectivity index (χ3n) is 5.54. The summed E-state index contributed by atoms with van der Waals surface area (Å²) in [5.74, 6) is -0.554. The van der Waals surface area contributed by atoms with E-state index in [4.69, 9.17) is 21.1 Å². The van der Waals surface area contributed by atoms with Crippen LogP contribution in [0.25, 0.3) is 0 Å². The smallest absolute Gasteiger partial charge is 0.410 e. The van der Waals surface area contributed by atoms with Crippen LogP contribution in [-0.4, -0.2) is 50.6 Å². The number of nitrogens with zero attached hydrogens (tertiary/aromatic N) is 2. The highest BCUT2D eigenvalue weighted by Crippen LogP contribution is 2.38. The molecule has 3 rings (SSSR count). The number of piperidine rings is 1. The summed E-state index contributed by atoms with van der Waals surface area (Å²) in [4.78, 5) is 25.9. The van der Waals surface area contributed by atoms with Crippen molar-refractivity contribution in [3.8, 4) is 5.75 Å². The first-order valence-electron chi connectivity index (χ1n) is 11.5. The number of sulfonamides is 1. The van der Waals surface area contributed by atoms with Gasteiger partial charge >= 0.3 is 12.1 Å². The second-order valence-corrected chi connectivity index (χ2v) is 12.7. The lowest BCUT2D eigenvalue weighted by atomic mass is 9.97. The number of carbonyl (C=O) groups is 2. The zero-order valence-electron chi connectivity index (χ0n) is 20.7. The molecule has 1 aliphatic rings. The Morgan fingerprint density at radius 3 is 2.36 bits per heavy atom. The van der Waals surface area contributed by atoms with Gasteiger partial charge in [0.2, 0.25) is 0 Å². The van der Waals surface area contributed by atoms with Gasteiger partial charge in [-0.25, -0.2) is 13.2 Å². The Morgan fingerprint density at radius 1 is 1.14 bits per heavy atom. The number of anilines is 1. The average Bonchev–Trinajstić information content (AvgIpc) is 2.78. The van der Waals surface area contributed by atoms with E-state index in [0.717, 1.165) is 0 Å². The van der Waals surface area contributed by atoms with Crippen LogP contribution in [0.5, 0.6) is 5.75 Å². The van der Waals surface area contributed by atoms with Gasteiger partial charge in [0.25, 0.3) is 10.0 Å². The lowest BCUT2D eigenvalue weighted by Crippen LogP contribution is -2.44. The molecule has 0 spiro atoms. The third-order valence-corrected chi connectivity index (χ3v) is 8.57. The van der Waals surface area contributed by atoms with Gasteiger partial charge in [0.05, 0.1) is 5.69 Å². The van der Waals surface area contributed by atoms with Crippen molar-refractivity contribution in [3.63, 3.8) is 0 Å². The van der Waals surface area contributed by atoms with Crippen molar-refractivity contribution >= 4 is 55.3 Å². The molecule has 0 bridgehead atoms. The quantitative estimate of drug-likeness (QED) is 0.304. The van der Waals surface area contributed by atoms with Gasteiger partial charge in [-0.3, -0.25) is 9.10 Å². The Bertz CT molecular complexity index is 1220. The van der Waals surface area contributed by atoms with Crippen LogP contribution in [-0.2, 0) is 19.6 Å². The Balaban J connectivity index is 1.94. The van der Waals surface area contributed by atoms with Crippen LogP contribution in [0.15, 0.2) is 51.8 Å². The number of ether oxygens (including phenoxy) is 2. The van der Waals surface area contributed by atoms with Crippen LogP contribution in [0.1, 0.15) is 40.5 Å². The largest absolute Gasteiger partial charge is 0.444 e. The summed E-state index contributed by atoms with van der Waals surface area (Å²) in [7, 11) is -4.08. The van der Waals surface area contributed by atoms with Gasteiger partial charge in [0.15, 0.2) is 5.75 Å². The van der Waals surface area contributed by atoms with Crippen molar-refractivity contribution in [1.29, 1.82) is 0 Å². The Labute approximate surface area is 225 Å². The minimum absolute atomic E-state index is 0.0647. The highest BCUT2D eigenvalue weighted by Gasteiger charge is 2.34. The van der Waals surface area contributed by atoms with E-state index in [0.29, 0.717) is 35.4 Å². The van der Waals surface area contributed by atoms with E-state index < -0.39 is 21.6 Å². The van der Waals surface area contributed by atoms with Crippen molar-refractivity contribution in [2.75, 3.05) is 23.9 Å². The predicted molar refractivity (Wildman–Crippen MR) is 142 cm³/mol. The van der Waals surface area contributed by atoms with Gasteiger partial charge in [0.1, 0.15) is 10.5 Å². The normalized spacial score (nSPS) is 14.9. The molecule has 2 aromatic rings. The van der Waals surface area contributed by atoms with Crippen molar-refractivity contribution in [3.05, 3.63) is 52.0 Å². The fourth-order valence-electron chi connectivity index (χ4n) is 3.88. The van der Waals surface area contributed by atoms with Crippen LogP contribution in [0.2, 0.25) is 5.02 Å². The molecule has 196 valence electrons. The van der Waals surface area contributed by atoms with Gasteiger partial charge in [-0.2, -0.15) is 0 Å². The standard InChI is InChI=1S/C25H30BrClN2O6S/c1-17(30)34-22-10-9-19(27)15-21(22)29(36(32,33)23-8-6-5-7-20(23)26)16-18-11-13-28(14-12-18)24(31)35-25(2,3)4/h5-10,15,18H,11-14,16H2,1-4H3. The van der Waals surface area contributed by atoms with E-state index in [1.165, 1.54) is 35.5 Å². The summed E-state index contributed by atoms with van der Waals surface area (Å²) in [6.07, 6.45) is 0.765. The number of amides is 1. The van der Waals surface area contributed by atoms with Crippen molar-refractivity contribution in [2.45, 2.75) is 51.0 Å². The van der Waals surface area contributed by atoms with Crippen LogP contribution in [0.4, 0.5) is 10.5 Å². The second kappa shape index (κ2) is 11.4. The molecule has 36 heavy (non-hydrogen) atoms. The van der Waals surface area contributed by atoms with Crippen molar-refractivity contribution in [1.82, 2.24) is 4.90 Å². The molecule has 1 heterocycles.